The Bertz CT molecular complexity index is 301. The maximum Gasteiger partial charge on any atom is 0.122 e. The van der Waals surface area contributed by atoms with E-state index in [4.69, 9.17) is 0 Å². The molecule has 1 rings (SSSR count). The fourth-order valence-electron chi connectivity index (χ4n) is 1.00. The number of allylic oxidation sites excluding steroid dienone is 2. The summed E-state index contributed by atoms with van der Waals surface area (Å²) in [5.74, 6) is 0. The van der Waals surface area contributed by atoms with Gasteiger partial charge in [0, 0.05) is 6.20 Å². The van der Waals surface area contributed by atoms with Crippen molar-refractivity contribution in [1.82, 2.24) is 4.98 Å². The predicted molar refractivity (Wildman–Crippen MR) is 53.1 cm³/mol. The highest BCUT2D eigenvalue weighted by molar-refractivity contribution is 5.20. The maximum atomic E-state index is 9.92. The van der Waals surface area contributed by atoms with Crippen LogP contribution in [0.4, 0.5) is 0 Å². The lowest BCUT2D eigenvalue weighted by atomic mass is 10.0. The first-order valence-electron chi connectivity index (χ1n) is 4.11. The summed E-state index contributed by atoms with van der Waals surface area (Å²) in [6, 6.07) is 5.45. The van der Waals surface area contributed by atoms with Gasteiger partial charge in [-0.25, -0.2) is 0 Å². The average Bonchev–Trinajstić information content (AvgIpc) is 2.16. The minimum absolute atomic E-state index is 0.633. The third kappa shape index (κ3) is 2.53. The van der Waals surface area contributed by atoms with Crippen LogP contribution in [0.2, 0.25) is 0 Å². The molecule has 2 nitrogen and oxygen atoms in total. The van der Waals surface area contributed by atoms with Crippen LogP contribution in [0.5, 0.6) is 0 Å². The van der Waals surface area contributed by atoms with Crippen molar-refractivity contribution in [2.24, 2.45) is 0 Å². The predicted octanol–water partition coefficient (Wildman–Crippen LogP) is 2.03. The summed E-state index contributed by atoms with van der Waals surface area (Å²) in [5, 5.41) is 9.92. The number of hydrogen-bond acceptors (Lipinski definition) is 2. The first kappa shape index (κ1) is 9.68. The summed E-state index contributed by atoms with van der Waals surface area (Å²) >= 11 is 0. The van der Waals surface area contributed by atoms with E-state index in [1.807, 2.05) is 12.1 Å². The van der Waals surface area contributed by atoms with Gasteiger partial charge in [-0.05, 0) is 25.1 Å². The largest absolute Gasteiger partial charge is 0.380 e. The zero-order chi connectivity index (χ0) is 9.73. The summed E-state index contributed by atoms with van der Waals surface area (Å²) in [6.07, 6.45) is 6.64. The van der Waals surface area contributed by atoms with E-state index in [1.165, 1.54) is 0 Å². The van der Waals surface area contributed by atoms with Crippen LogP contribution in [0.15, 0.2) is 49.2 Å². The van der Waals surface area contributed by atoms with Gasteiger partial charge in [0.1, 0.15) is 5.60 Å². The van der Waals surface area contributed by atoms with Gasteiger partial charge < -0.3 is 5.11 Å². The third-order valence-corrected chi connectivity index (χ3v) is 1.74. The maximum absolute atomic E-state index is 9.92. The number of rotatable bonds is 3. The lowest BCUT2D eigenvalue weighted by Gasteiger charge is -2.17. The molecule has 1 aromatic rings. The van der Waals surface area contributed by atoms with Crippen LogP contribution >= 0.6 is 0 Å². The highest BCUT2D eigenvalue weighted by Crippen LogP contribution is 2.18. The molecule has 0 radical (unpaired) electrons. The first-order chi connectivity index (χ1) is 6.17. The minimum Gasteiger partial charge on any atom is -0.380 e. The van der Waals surface area contributed by atoms with Crippen LogP contribution in [0.3, 0.4) is 0 Å². The normalized spacial score (nSPS) is 15.5. The van der Waals surface area contributed by atoms with E-state index in [2.05, 4.69) is 11.6 Å². The topological polar surface area (TPSA) is 33.1 Å². The van der Waals surface area contributed by atoms with Gasteiger partial charge in [0.15, 0.2) is 0 Å². The van der Waals surface area contributed by atoms with Crippen molar-refractivity contribution in [3.8, 4) is 0 Å². The molecule has 1 heterocycles. The van der Waals surface area contributed by atoms with Crippen LogP contribution in [0.1, 0.15) is 12.6 Å². The van der Waals surface area contributed by atoms with E-state index in [0.29, 0.717) is 5.69 Å². The molecular formula is C11H13NO. The highest BCUT2D eigenvalue weighted by atomic mass is 16.3. The Morgan fingerprint density at radius 1 is 1.54 bits per heavy atom. The Morgan fingerprint density at radius 2 is 2.31 bits per heavy atom. The van der Waals surface area contributed by atoms with Gasteiger partial charge in [0.2, 0.25) is 0 Å². The molecule has 68 valence electrons. The van der Waals surface area contributed by atoms with Crippen molar-refractivity contribution in [2.75, 3.05) is 0 Å². The Morgan fingerprint density at radius 3 is 2.85 bits per heavy atom. The van der Waals surface area contributed by atoms with Gasteiger partial charge in [0.25, 0.3) is 0 Å². The summed E-state index contributed by atoms with van der Waals surface area (Å²) in [4.78, 5) is 4.07. The summed E-state index contributed by atoms with van der Waals surface area (Å²) in [5.41, 5.74) is -0.386. The molecule has 0 fully saturated rings. The number of pyridine rings is 1. The Labute approximate surface area is 78.3 Å². The molecule has 1 N–H and O–H groups in total. The van der Waals surface area contributed by atoms with E-state index in [0.717, 1.165) is 0 Å². The molecule has 0 aliphatic heterocycles. The summed E-state index contributed by atoms with van der Waals surface area (Å²) < 4.78 is 0. The van der Waals surface area contributed by atoms with Gasteiger partial charge in [-0.15, -0.1) is 0 Å². The van der Waals surface area contributed by atoms with Gasteiger partial charge in [-0.1, -0.05) is 24.8 Å². The van der Waals surface area contributed by atoms with Crippen molar-refractivity contribution >= 4 is 0 Å². The van der Waals surface area contributed by atoms with Gasteiger partial charge in [-0.3, -0.25) is 4.98 Å². The lowest BCUT2D eigenvalue weighted by Crippen LogP contribution is -2.18. The monoisotopic (exact) mass is 175 g/mol. The zero-order valence-corrected chi connectivity index (χ0v) is 7.64. The van der Waals surface area contributed by atoms with E-state index in [9.17, 15) is 5.11 Å². The molecule has 0 amide bonds. The highest BCUT2D eigenvalue weighted by Gasteiger charge is 2.19. The molecule has 0 saturated carbocycles. The van der Waals surface area contributed by atoms with Crippen molar-refractivity contribution in [2.45, 2.75) is 12.5 Å². The summed E-state index contributed by atoms with van der Waals surface area (Å²) in [6.45, 7) is 5.23. The van der Waals surface area contributed by atoms with Crippen LogP contribution in [-0.4, -0.2) is 10.1 Å². The first-order valence-corrected chi connectivity index (χ1v) is 4.11. The minimum atomic E-state index is -1.02. The van der Waals surface area contributed by atoms with Gasteiger partial charge >= 0.3 is 0 Å². The van der Waals surface area contributed by atoms with Crippen molar-refractivity contribution in [3.05, 3.63) is 54.9 Å². The molecule has 0 aliphatic rings. The molecule has 0 aromatic carbocycles. The zero-order valence-electron chi connectivity index (χ0n) is 7.64. The van der Waals surface area contributed by atoms with Crippen LogP contribution in [0, 0.1) is 0 Å². The molecule has 0 bridgehead atoms. The second-order valence-electron chi connectivity index (χ2n) is 2.96. The smallest absolute Gasteiger partial charge is 0.122 e. The second kappa shape index (κ2) is 4.01. The SMILES string of the molecule is C=C/C=C/C(C)(O)c1ccccn1. The number of aliphatic hydroxyl groups is 1. The standard InChI is InChI=1S/C11H13NO/c1-3-4-8-11(2,13)10-7-5-6-9-12-10/h3-9,13H,1H2,2H3/b8-4+. The second-order valence-corrected chi connectivity index (χ2v) is 2.96. The molecule has 1 atom stereocenters. The molecule has 0 aliphatic carbocycles. The number of nitrogens with zero attached hydrogens (tertiary/aromatic N) is 1. The fourth-order valence-corrected chi connectivity index (χ4v) is 1.00. The van der Waals surface area contributed by atoms with Crippen LogP contribution < -0.4 is 0 Å². The molecule has 0 spiro atoms. The number of aromatic nitrogens is 1. The van der Waals surface area contributed by atoms with Crippen LogP contribution in [-0.2, 0) is 5.60 Å². The average molecular weight is 175 g/mol. The molecule has 2 heteroatoms. The molecule has 13 heavy (non-hydrogen) atoms. The van der Waals surface area contributed by atoms with E-state index in [1.54, 1.807) is 37.4 Å². The molecule has 1 unspecified atom stereocenters. The Kier molecular flexibility index (Phi) is 2.98. The quantitative estimate of drug-likeness (QED) is 0.713. The van der Waals surface area contributed by atoms with E-state index in [-0.39, 0.29) is 0 Å². The Balaban J connectivity index is 2.93. The van der Waals surface area contributed by atoms with Crippen molar-refractivity contribution < 1.29 is 5.11 Å². The lowest BCUT2D eigenvalue weighted by molar-refractivity contribution is 0.106. The van der Waals surface area contributed by atoms with Gasteiger partial charge in [-0.2, -0.15) is 0 Å². The fraction of sp³-hybridized carbons (Fsp3) is 0.182. The van der Waals surface area contributed by atoms with E-state index < -0.39 is 5.60 Å². The number of hydrogen-bond donors (Lipinski definition) is 1. The molecule has 0 saturated heterocycles. The summed E-state index contributed by atoms with van der Waals surface area (Å²) in [7, 11) is 0. The Hall–Kier alpha value is -1.41. The van der Waals surface area contributed by atoms with Gasteiger partial charge in [0.05, 0.1) is 5.69 Å². The van der Waals surface area contributed by atoms with Crippen LogP contribution in [0.25, 0.3) is 0 Å². The molecule has 1 aromatic heterocycles. The third-order valence-electron chi connectivity index (χ3n) is 1.74. The van der Waals surface area contributed by atoms with E-state index >= 15 is 0 Å². The molecular weight excluding hydrogens is 162 g/mol. The van der Waals surface area contributed by atoms with Crippen molar-refractivity contribution in [3.63, 3.8) is 0 Å². The van der Waals surface area contributed by atoms with Crippen molar-refractivity contribution in [1.29, 1.82) is 0 Å².